The van der Waals surface area contributed by atoms with E-state index in [1.165, 1.54) is 12.7 Å². The Bertz CT molecular complexity index is 315. The summed E-state index contributed by atoms with van der Waals surface area (Å²) in [6, 6.07) is 0. The quantitative estimate of drug-likeness (QED) is 0.715. The summed E-state index contributed by atoms with van der Waals surface area (Å²) in [6.07, 6.45) is 3.84. The molecule has 0 unspecified atom stereocenters. The van der Waals surface area contributed by atoms with Crippen LogP contribution in [0.2, 0.25) is 0 Å². The average Bonchev–Trinajstić information content (AvgIpc) is 2.72. The van der Waals surface area contributed by atoms with Crippen LogP contribution in [0.15, 0.2) is 17.1 Å². The first-order chi connectivity index (χ1) is 6.76. The molecule has 0 aromatic carbocycles. The normalized spacial score (nSPS) is 20.6. The van der Waals surface area contributed by atoms with Gasteiger partial charge in [0.05, 0.1) is 5.69 Å². The third kappa shape index (κ3) is 1.29. The van der Waals surface area contributed by atoms with Gasteiger partial charge in [0.1, 0.15) is 11.7 Å². The molecule has 0 spiro atoms. The molecule has 1 aromatic rings. The number of carboxylic acids is 1. The molecule has 1 aliphatic heterocycles. The number of aromatic nitrogens is 1. The number of rotatable bonds is 2. The predicted molar refractivity (Wildman–Crippen MR) is 47.9 cm³/mol. The molecule has 0 radical (unpaired) electrons. The molecule has 76 valence electrons. The van der Waals surface area contributed by atoms with Gasteiger partial charge < -0.3 is 14.8 Å². The monoisotopic (exact) mass is 196 g/mol. The van der Waals surface area contributed by atoms with Crippen molar-refractivity contribution in [3.05, 3.63) is 18.4 Å². The highest BCUT2D eigenvalue weighted by molar-refractivity contribution is 5.80. The second-order valence-electron chi connectivity index (χ2n) is 3.51. The molecule has 1 aromatic heterocycles. The first-order valence-electron chi connectivity index (χ1n) is 4.58. The van der Waals surface area contributed by atoms with E-state index in [1.54, 1.807) is 0 Å². The van der Waals surface area contributed by atoms with E-state index in [9.17, 15) is 9.90 Å². The molecule has 0 atom stereocenters. The SMILES string of the molecule is O=C(O)C1(c2cocn2)CCNCC1. The molecule has 2 heterocycles. The molecule has 5 heteroatoms. The van der Waals surface area contributed by atoms with Crippen LogP contribution in [0.5, 0.6) is 0 Å². The van der Waals surface area contributed by atoms with E-state index in [4.69, 9.17) is 4.42 Å². The molecule has 5 nitrogen and oxygen atoms in total. The highest BCUT2D eigenvalue weighted by Gasteiger charge is 2.43. The fourth-order valence-electron chi connectivity index (χ4n) is 1.88. The van der Waals surface area contributed by atoms with E-state index in [2.05, 4.69) is 10.3 Å². The number of hydrogen-bond donors (Lipinski definition) is 2. The minimum Gasteiger partial charge on any atom is -0.481 e. The fourth-order valence-corrected chi connectivity index (χ4v) is 1.88. The fraction of sp³-hybridized carbons (Fsp3) is 0.556. The maximum Gasteiger partial charge on any atom is 0.315 e. The standard InChI is InChI=1S/C9H12N2O3/c12-8(13)9(1-3-10-4-2-9)7-5-14-6-11-7/h5-6,10H,1-4H2,(H,12,13). The molecule has 2 rings (SSSR count). The molecule has 1 aliphatic rings. The maximum absolute atomic E-state index is 11.3. The molecule has 1 saturated heterocycles. The van der Waals surface area contributed by atoms with Crippen molar-refractivity contribution in [3.8, 4) is 0 Å². The summed E-state index contributed by atoms with van der Waals surface area (Å²) in [5, 5.41) is 12.4. The number of aliphatic carboxylic acids is 1. The summed E-state index contributed by atoms with van der Waals surface area (Å²) in [4.78, 5) is 15.2. The number of carbonyl (C=O) groups is 1. The third-order valence-corrected chi connectivity index (χ3v) is 2.79. The molecule has 0 saturated carbocycles. The summed E-state index contributed by atoms with van der Waals surface area (Å²) in [5.41, 5.74) is -0.315. The van der Waals surface area contributed by atoms with Crippen LogP contribution < -0.4 is 5.32 Å². The first kappa shape index (κ1) is 9.21. The Morgan fingerprint density at radius 2 is 2.29 bits per heavy atom. The number of hydrogen-bond acceptors (Lipinski definition) is 4. The smallest absolute Gasteiger partial charge is 0.315 e. The van der Waals surface area contributed by atoms with Crippen LogP contribution in [-0.4, -0.2) is 29.1 Å². The molecular weight excluding hydrogens is 184 g/mol. The minimum atomic E-state index is -0.849. The zero-order valence-electron chi connectivity index (χ0n) is 7.69. The van der Waals surface area contributed by atoms with Gasteiger partial charge in [0.2, 0.25) is 0 Å². The van der Waals surface area contributed by atoms with Gasteiger partial charge in [-0.2, -0.15) is 0 Å². The predicted octanol–water partition coefficient (Wildman–Crippen LogP) is 0.380. The summed E-state index contributed by atoms with van der Waals surface area (Å²) >= 11 is 0. The topological polar surface area (TPSA) is 75.4 Å². The van der Waals surface area contributed by atoms with E-state index < -0.39 is 11.4 Å². The van der Waals surface area contributed by atoms with Crippen molar-refractivity contribution in [2.24, 2.45) is 0 Å². The molecule has 0 aliphatic carbocycles. The van der Waals surface area contributed by atoms with Gasteiger partial charge in [-0.3, -0.25) is 4.79 Å². The van der Waals surface area contributed by atoms with Gasteiger partial charge in [0.25, 0.3) is 0 Å². The number of nitrogens with one attached hydrogen (secondary N) is 1. The van der Waals surface area contributed by atoms with Crippen molar-refractivity contribution in [2.75, 3.05) is 13.1 Å². The van der Waals surface area contributed by atoms with Crippen LogP contribution >= 0.6 is 0 Å². The van der Waals surface area contributed by atoms with Crippen molar-refractivity contribution in [1.29, 1.82) is 0 Å². The molecule has 2 N–H and O–H groups in total. The largest absolute Gasteiger partial charge is 0.481 e. The van der Waals surface area contributed by atoms with Crippen molar-refractivity contribution < 1.29 is 14.3 Å². The van der Waals surface area contributed by atoms with Crippen molar-refractivity contribution in [2.45, 2.75) is 18.3 Å². The van der Waals surface area contributed by atoms with E-state index >= 15 is 0 Å². The van der Waals surface area contributed by atoms with Crippen LogP contribution in [0.1, 0.15) is 18.5 Å². The highest BCUT2D eigenvalue weighted by Crippen LogP contribution is 2.32. The van der Waals surface area contributed by atoms with Crippen LogP contribution in [0.25, 0.3) is 0 Å². The van der Waals surface area contributed by atoms with E-state index in [0.717, 1.165) is 0 Å². The van der Waals surface area contributed by atoms with Crippen LogP contribution in [0.3, 0.4) is 0 Å². The van der Waals surface area contributed by atoms with Gasteiger partial charge in [-0.25, -0.2) is 4.98 Å². The van der Waals surface area contributed by atoms with Crippen molar-refractivity contribution in [3.63, 3.8) is 0 Å². The van der Waals surface area contributed by atoms with Crippen LogP contribution in [-0.2, 0) is 10.2 Å². The number of oxazole rings is 1. The Morgan fingerprint density at radius 3 is 2.79 bits per heavy atom. The molecule has 0 amide bonds. The van der Waals surface area contributed by atoms with Crippen molar-refractivity contribution in [1.82, 2.24) is 10.3 Å². The maximum atomic E-state index is 11.3. The lowest BCUT2D eigenvalue weighted by Gasteiger charge is -2.31. The van der Waals surface area contributed by atoms with Gasteiger partial charge >= 0.3 is 5.97 Å². The lowest BCUT2D eigenvalue weighted by Crippen LogP contribution is -2.45. The Kier molecular flexibility index (Phi) is 2.25. The summed E-state index contributed by atoms with van der Waals surface area (Å²) in [7, 11) is 0. The van der Waals surface area contributed by atoms with Gasteiger partial charge in [-0.05, 0) is 25.9 Å². The Labute approximate surface area is 81.1 Å². The second-order valence-corrected chi connectivity index (χ2v) is 3.51. The number of carboxylic acid groups (broad SMARTS) is 1. The highest BCUT2D eigenvalue weighted by atomic mass is 16.4. The zero-order valence-corrected chi connectivity index (χ0v) is 7.69. The average molecular weight is 196 g/mol. The Hall–Kier alpha value is -1.36. The molecular formula is C9H12N2O3. The second kappa shape index (κ2) is 3.42. The molecule has 0 bridgehead atoms. The Morgan fingerprint density at radius 1 is 1.57 bits per heavy atom. The Balaban J connectivity index is 2.35. The molecule has 1 fully saturated rings. The lowest BCUT2D eigenvalue weighted by molar-refractivity contribution is -0.145. The first-order valence-corrected chi connectivity index (χ1v) is 4.58. The van der Waals surface area contributed by atoms with E-state index in [-0.39, 0.29) is 0 Å². The van der Waals surface area contributed by atoms with E-state index in [0.29, 0.717) is 31.6 Å². The number of nitrogens with zero attached hydrogens (tertiary/aromatic N) is 1. The summed E-state index contributed by atoms with van der Waals surface area (Å²) < 4.78 is 4.85. The van der Waals surface area contributed by atoms with Gasteiger partial charge in [-0.1, -0.05) is 0 Å². The van der Waals surface area contributed by atoms with Gasteiger partial charge in [-0.15, -0.1) is 0 Å². The van der Waals surface area contributed by atoms with E-state index in [1.807, 2.05) is 0 Å². The van der Waals surface area contributed by atoms with Gasteiger partial charge in [0.15, 0.2) is 6.39 Å². The van der Waals surface area contributed by atoms with Crippen LogP contribution in [0, 0.1) is 0 Å². The minimum absolute atomic E-state index is 0.534. The molecule has 14 heavy (non-hydrogen) atoms. The lowest BCUT2D eigenvalue weighted by atomic mass is 9.76. The van der Waals surface area contributed by atoms with Gasteiger partial charge in [0, 0.05) is 0 Å². The summed E-state index contributed by atoms with van der Waals surface area (Å²) in [6.45, 7) is 1.42. The van der Waals surface area contributed by atoms with Crippen molar-refractivity contribution >= 4 is 5.97 Å². The third-order valence-electron chi connectivity index (χ3n) is 2.79. The van der Waals surface area contributed by atoms with Crippen LogP contribution in [0.4, 0.5) is 0 Å². The summed E-state index contributed by atoms with van der Waals surface area (Å²) in [5.74, 6) is -0.812. The zero-order chi connectivity index (χ0) is 10.0. The number of piperidine rings is 1.